The van der Waals surface area contributed by atoms with Crippen LogP contribution < -0.4 is 10.6 Å². The lowest BCUT2D eigenvalue weighted by atomic mass is 9.82. The van der Waals surface area contributed by atoms with E-state index in [-0.39, 0.29) is 32.6 Å². The zero-order valence-electron chi connectivity index (χ0n) is 11.3. The van der Waals surface area contributed by atoms with Crippen molar-refractivity contribution >= 4 is 11.9 Å². The van der Waals surface area contributed by atoms with E-state index in [2.05, 4.69) is 10.6 Å². The molecule has 0 bridgehead atoms. The number of carbonyl (C=O) groups is 2. The summed E-state index contributed by atoms with van der Waals surface area (Å²) in [5.41, 5.74) is -4.25. The van der Waals surface area contributed by atoms with Gasteiger partial charge < -0.3 is 20.5 Å². The van der Waals surface area contributed by atoms with Crippen molar-refractivity contribution < 1.29 is 32.6 Å². The predicted octanol–water partition coefficient (Wildman–Crippen LogP) is 0.278. The van der Waals surface area contributed by atoms with E-state index < -0.39 is 42.0 Å². The average molecular weight is 310 g/mol. The molecule has 2 rings (SSSR count). The summed E-state index contributed by atoms with van der Waals surface area (Å²) in [6.07, 6.45) is -5.22. The van der Waals surface area contributed by atoms with Crippen molar-refractivity contribution in [1.29, 1.82) is 0 Å². The van der Waals surface area contributed by atoms with Crippen LogP contribution in [0.4, 0.5) is 13.2 Å². The van der Waals surface area contributed by atoms with Crippen LogP contribution in [0.15, 0.2) is 0 Å². The van der Waals surface area contributed by atoms with Crippen LogP contribution in [0.25, 0.3) is 0 Å². The van der Waals surface area contributed by atoms with Gasteiger partial charge in [-0.25, -0.2) is 4.79 Å². The summed E-state index contributed by atoms with van der Waals surface area (Å²) in [5, 5.41) is 14.0. The zero-order valence-corrected chi connectivity index (χ0v) is 11.3. The van der Waals surface area contributed by atoms with Crippen molar-refractivity contribution in [1.82, 2.24) is 10.6 Å². The Bertz CT molecular complexity index is 427. The first-order valence-electron chi connectivity index (χ1n) is 6.65. The number of hydrogen-bond donors (Lipinski definition) is 3. The van der Waals surface area contributed by atoms with Crippen molar-refractivity contribution in [2.75, 3.05) is 26.3 Å². The number of nitrogens with one attached hydrogen (secondary N) is 2. The molecule has 0 spiro atoms. The van der Waals surface area contributed by atoms with Gasteiger partial charge in [0.1, 0.15) is 5.54 Å². The monoisotopic (exact) mass is 310 g/mol. The molecule has 2 aliphatic heterocycles. The standard InChI is InChI=1S/C12H17F3N2O4/c13-12(14,15)10(1-4-16-7-10)8(18)17-11(9(19)20)2-5-21-6-3-11/h16H,1-7H2,(H,17,18)(H,19,20). The second-order valence-corrected chi connectivity index (χ2v) is 5.46. The molecule has 2 saturated heterocycles. The van der Waals surface area contributed by atoms with E-state index in [1.54, 1.807) is 0 Å². The Kier molecular flexibility index (Phi) is 4.16. The maximum atomic E-state index is 13.3. The predicted molar refractivity (Wildman–Crippen MR) is 64.5 cm³/mol. The molecule has 2 aliphatic rings. The van der Waals surface area contributed by atoms with Gasteiger partial charge in [0, 0.05) is 32.6 Å². The van der Waals surface area contributed by atoms with Gasteiger partial charge in [0.2, 0.25) is 5.91 Å². The molecular weight excluding hydrogens is 293 g/mol. The van der Waals surface area contributed by atoms with Gasteiger partial charge in [0.05, 0.1) is 0 Å². The van der Waals surface area contributed by atoms with Crippen molar-refractivity contribution in [3.8, 4) is 0 Å². The van der Waals surface area contributed by atoms with Crippen LogP contribution in [-0.2, 0) is 14.3 Å². The first kappa shape index (κ1) is 16.0. The molecule has 3 N–H and O–H groups in total. The Morgan fingerprint density at radius 2 is 1.81 bits per heavy atom. The highest BCUT2D eigenvalue weighted by atomic mass is 19.4. The molecule has 2 fully saturated rings. The molecule has 120 valence electrons. The van der Waals surface area contributed by atoms with Gasteiger partial charge >= 0.3 is 12.1 Å². The Morgan fingerprint density at radius 1 is 1.19 bits per heavy atom. The largest absolute Gasteiger partial charge is 0.480 e. The van der Waals surface area contributed by atoms with Crippen molar-refractivity contribution in [2.45, 2.75) is 31.0 Å². The van der Waals surface area contributed by atoms with Crippen molar-refractivity contribution in [3.63, 3.8) is 0 Å². The van der Waals surface area contributed by atoms with E-state index in [0.29, 0.717) is 0 Å². The first-order valence-corrected chi connectivity index (χ1v) is 6.65. The molecule has 1 unspecified atom stereocenters. The highest BCUT2D eigenvalue weighted by Crippen LogP contribution is 2.43. The molecule has 0 saturated carbocycles. The van der Waals surface area contributed by atoms with E-state index >= 15 is 0 Å². The zero-order chi connectivity index (χ0) is 15.7. The van der Waals surface area contributed by atoms with Gasteiger partial charge in [-0.05, 0) is 13.0 Å². The summed E-state index contributed by atoms with van der Waals surface area (Å²) in [6, 6.07) is 0. The fraction of sp³-hybridized carbons (Fsp3) is 0.833. The van der Waals surface area contributed by atoms with Gasteiger partial charge in [0.15, 0.2) is 5.41 Å². The molecule has 1 amide bonds. The first-order chi connectivity index (χ1) is 9.74. The lowest BCUT2D eigenvalue weighted by Gasteiger charge is -2.38. The number of aliphatic carboxylic acids is 1. The fourth-order valence-electron chi connectivity index (χ4n) is 2.71. The molecule has 9 heteroatoms. The van der Waals surface area contributed by atoms with Gasteiger partial charge in [-0.2, -0.15) is 13.2 Å². The molecule has 0 aliphatic carbocycles. The number of ether oxygens (including phenoxy) is 1. The van der Waals surface area contributed by atoms with Crippen LogP contribution in [0.2, 0.25) is 0 Å². The maximum Gasteiger partial charge on any atom is 0.404 e. The van der Waals surface area contributed by atoms with E-state index in [4.69, 9.17) is 4.74 Å². The second kappa shape index (κ2) is 5.45. The summed E-state index contributed by atoms with van der Waals surface area (Å²) < 4.78 is 44.8. The van der Waals surface area contributed by atoms with Crippen LogP contribution in [0, 0.1) is 5.41 Å². The Balaban J connectivity index is 2.24. The summed E-state index contributed by atoms with van der Waals surface area (Å²) in [4.78, 5) is 23.6. The quantitative estimate of drug-likeness (QED) is 0.697. The normalized spacial score (nSPS) is 29.1. The molecule has 0 radical (unpaired) electrons. The number of carbonyl (C=O) groups excluding carboxylic acids is 1. The topological polar surface area (TPSA) is 87.7 Å². The van der Waals surface area contributed by atoms with Gasteiger partial charge in [-0.3, -0.25) is 4.79 Å². The lowest BCUT2D eigenvalue weighted by Crippen LogP contribution is -2.63. The molecule has 0 aromatic carbocycles. The lowest BCUT2D eigenvalue weighted by molar-refractivity contribution is -0.217. The van der Waals surface area contributed by atoms with Gasteiger partial charge in [0.25, 0.3) is 0 Å². The number of halogens is 3. The Hall–Kier alpha value is -1.35. The second-order valence-electron chi connectivity index (χ2n) is 5.46. The summed E-state index contributed by atoms with van der Waals surface area (Å²) in [5.74, 6) is -2.60. The van der Waals surface area contributed by atoms with Crippen LogP contribution in [0.3, 0.4) is 0 Å². The molecule has 6 nitrogen and oxygen atoms in total. The maximum absolute atomic E-state index is 13.3. The minimum absolute atomic E-state index is 0.0462. The minimum atomic E-state index is -4.73. The van der Waals surface area contributed by atoms with Crippen LogP contribution in [0.1, 0.15) is 19.3 Å². The van der Waals surface area contributed by atoms with Gasteiger partial charge in [-0.15, -0.1) is 0 Å². The molecule has 2 heterocycles. The van der Waals surface area contributed by atoms with E-state index in [9.17, 15) is 27.9 Å². The number of hydrogen-bond acceptors (Lipinski definition) is 4. The van der Waals surface area contributed by atoms with Crippen molar-refractivity contribution in [3.05, 3.63) is 0 Å². The number of amides is 1. The van der Waals surface area contributed by atoms with Gasteiger partial charge in [-0.1, -0.05) is 0 Å². The summed E-state index contributed by atoms with van der Waals surface area (Å²) >= 11 is 0. The number of carboxylic acids is 1. The third kappa shape index (κ3) is 2.71. The van der Waals surface area contributed by atoms with Crippen LogP contribution in [0.5, 0.6) is 0 Å². The number of carboxylic acid groups (broad SMARTS) is 1. The SMILES string of the molecule is O=C(O)C1(NC(=O)C2(C(F)(F)F)CCNC2)CCOCC1. The highest BCUT2D eigenvalue weighted by Gasteiger charge is 2.62. The molecule has 0 aromatic rings. The fourth-order valence-corrected chi connectivity index (χ4v) is 2.71. The van der Waals surface area contributed by atoms with Crippen LogP contribution >= 0.6 is 0 Å². The van der Waals surface area contributed by atoms with E-state index in [1.165, 1.54) is 0 Å². The molecule has 0 aromatic heterocycles. The highest BCUT2D eigenvalue weighted by molar-refractivity contribution is 5.91. The van der Waals surface area contributed by atoms with E-state index in [1.807, 2.05) is 0 Å². The van der Waals surface area contributed by atoms with Crippen LogP contribution in [-0.4, -0.2) is 55.0 Å². The van der Waals surface area contributed by atoms with Crippen molar-refractivity contribution in [2.24, 2.45) is 5.41 Å². The average Bonchev–Trinajstić information content (AvgIpc) is 2.89. The minimum Gasteiger partial charge on any atom is -0.480 e. The molecular formula is C12H17F3N2O4. The Morgan fingerprint density at radius 3 is 2.24 bits per heavy atom. The third-order valence-corrected chi connectivity index (χ3v) is 4.24. The summed E-state index contributed by atoms with van der Waals surface area (Å²) in [6.45, 7) is -0.293. The summed E-state index contributed by atoms with van der Waals surface area (Å²) in [7, 11) is 0. The smallest absolute Gasteiger partial charge is 0.404 e. The van der Waals surface area contributed by atoms with E-state index in [0.717, 1.165) is 0 Å². The number of alkyl halides is 3. The number of rotatable bonds is 3. The molecule has 1 atom stereocenters. The molecule has 21 heavy (non-hydrogen) atoms. The third-order valence-electron chi connectivity index (χ3n) is 4.24. The Labute approximate surface area is 119 Å².